The summed E-state index contributed by atoms with van der Waals surface area (Å²) in [7, 11) is -0.662. The molecule has 2 aromatic carbocycles. The summed E-state index contributed by atoms with van der Waals surface area (Å²) in [6.07, 6.45) is 0. The summed E-state index contributed by atoms with van der Waals surface area (Å²) in [5.74, 6) is -0.215. The summed E-state index contributed by atoms with van der Waals surface area (Å²) in [6.45, 7) is 2.13. The lowest BCUT2D eigenvalue weighted by atomic mass is 10.2. The zero-order chi connectivity index (χ0) is 24.5. The normalized spacial score (nSPS) is 11.4. The van der Waals surface area contributed by atoms with Gasteiger partial charge in [0.2, 0.25) is 0 Å². The van der Waals surface area contributed by atoms with Crippen molar-refractivity contribution in [3.63, 3.8) is 0 Å². The Morgan fingerprint density at radius 2 is 1.74 bits per heavy atom. The van der Waals surface area contributed by atoms with Gasteiger partial charge in [0.25, 0.3) is 21.5 Å². The second kappa shape index (κ2) is 9.32. The van der Waals surface area contributed by atoms with Gasteiger partial charge in [-0.05, 0) is 65.7 Å². The second-order valence-electron chi connectivity index (χ2n) is 7.86. The number of benzene rings is 2. The van der Waals surface area contributed by atoms with Crippen LogP contribution < -0.4 is 10.3 Å². The Morgan fingerprint density at radius 3 is 2.35 bits per heavy atom. The van der Waals surface area contributed by atoms with E-state index in [2.05, 4.69) is 4.72 Å². The molecule has 0 fully saturated rings. The Labute approximate surface area is 201 Å². The Morgan fingerprint density at radius 1 is 1.06 bits per heavy atom. The standard InChI is InChI=1S/C24H24N4O4S2/c1-17-22(24(30)28(27(17)3)20-7-5-4-6-8-20)25-34(31,32)21-11-9-19(10-12-21)23(29)26(2)15-18-13-14-33-16-18/h4-14,16,25H,15H2,1-3H3. The van der Waals surface area contributed by atoms with Crippen molar-refractivity contribution < 1.29 is 13.2 Å². The first-order valence-electron chi connectivity index (χ1n) is 10.4. The fourth-order valence-electron chi connectivity index (χ4n) is 3.60. The maximum Gasteiger partial charge on any atom is 0.296 e. The molecule has 8 nitrogen and oxygen atoms in total. The van der Waals surface area contributed by atoms with Crippen LogP contribution in [-0.2, 0) is 23.6 Å². The van der Waals surface area contributed by atoms with Gasteiger partial charge in [0, 0.05) is 26.2 Å². The number of nitrogens with zero attached hydrogens (tertiary/aromatic N) is 3. The molecule has 4 rings (SSSR count). The summed E-state index contributed by atoms with van der Waals surface area (Å²) in [4.78, 5) is 27.3. The Balaban J connectivity index is 1.57. The van der Waals surface area contributed by atoms with E-state index >= 15 is 0 Å². The van der Waals surface area contributed by atoms with Crippen molar-refractivity contribution in [2.75, 3.05) is 11.8 Å². The molecule has 2 aromatic heterocycles. The van der Waals surface area contributed by atoms with Crippen LogP contribution in [-0.4, -0.2) is 35.6 Å². The van der Waals surface area contributed by atoms with Gasteiger partial charge >= 0.3 is 0 Å². The van der Waals surface area contributed by atoms with Gasteiger partial charge in [-0.1, -0.05) is 18.2 Å². The quantitative estimate of drug-likeness (QED) is 0.423. The monoisotopic (exact) mass is 496 g/mol. The molecule has 34 heavy (non-hydrogen) atoms. The number of hydrogen-bond donors (Lipinski definition) is 1. The molecule has 0 saturated heterocycles. The van der Waals surface area contributed by atoms with E-state index in [-0.39, 0.29) is 16.5 Å². The number of aromatic nitrogens is 2. The molecule has 0 bridgehead atoms. The predicted molar refractivity (Wildman–Crippen MR) is 133 cm³/mol. The fraction of sp³-hybridized carbons (Fsp3) is 0.167. The predicted octanol–water partition coefficient (Wildman–Crippen LogP) is 3.62. The molecule has 2 heterocycles. The molecule has 0 atom stereocenters. The maximum absolute atomic E-state index is 13.0. The molecule has 176 valence electrons. The van der Waals surface area contributed by atoms with Crippen LogP contribution in [0.15, 0.2) is 81.1 Å². The first-order valence-corrected chi connectivity index (χ1v) is 12.8. The molecular weight excluding hydrogens is 472 g/mol. The van der Waals surface area contributed by atoms with Crippen LogP contribution >= 0.6 is 11.3 Å². The number of nitrogens with one attached hydrogen (secondary N) is 1. The van der Waals surface area contributed by atoms with Crippen LogP contribution in [0.4, 0.5) is 5.69 Å². The minimum Gasteiger partial charge on any atom is -0.337 e. The largest absolute Gasteiger partial charge is 0.337 e. The lowest BCUT2D eigenvalue weighted by Crippen LogP contribution is -2.26. The highest BCUT2D eigenvalue weighted by molar-refractivity contribution is 7.92. The molecule has 0 unspecified atom stereocenters. The number of amides is 1. The van der Waals surface area contributed by atoms with Gasteiger partial charge in [-0.3, -0.25) is 19.0 Å². The van der Waals surface area contributed by atoms with E-state index in [1.807, 2.05) is 22.9 Å². The van der Waals surface area contributed by atoms with Gasteiger partial charge in [0.05, 0.1) is 16.3 Å². The van der Waals surface area contributed by atoms with Gasteiger partial charge in [0.15, 0.2) is 0 Å². The van der Waals surface area contributed by atoms with Crippen molar-refractivity contribution in [3.05, 3.63) is 98.6 Å². The van der Waals surface area contributed by atoms with Crippen molar-refractivity contribution in [3.8, 4) is 5.69 Å². The van der Waals surface area contributed by atoms with Crippen molar-refractivity contribution in [2.45, 2.75) is 18.4 Å². The Bertz CT molecular complexity index is 1470. The zero-order valence-electron chi connectivity index (χ0n) is 18.9. The molecule has 1 amide bonds. The first-order chi connectivity index (χ1) is 16.2. The SMILES string of the molecule is Cc1c(NS(=O)(=O)c2ccc(C(=O)N(C)Cc3ccsc3)cc2)c(=O)n(-c2ccccc2)n1C. The van der Waals surface area contributed by atoms with Crippen LogP contribution in [0.5, 0.6) is 0 Å². The highest BCUT2D eigenvalue weighted by atomic mass is 32.2. The number of carbonyl (C=O) groups excluding carboxylic acids is 1. The lowest BCUT2D eigenvalue weighted by molar-refractivity contribution is 0.0785. The van der Waals surface area contributed by atoms with Gasteiger partial charge in [-0.2, -0.15) is 11.3 Å². The van der Waals surface area contributed by atoms with Gasteiger partial charge in [-0.25, -0.2) is 13.1 Å². The lowest BCUT2D eigenvalue weighted by Gasteiger charge is -2.16. The molecule has 0 saturated carbocycles. The summed E-state index contributed by atoms with van der Waals surface area (Å²) in [6, 6.07) is 16.6. The summed E-state index contributed by atoms with van der Waals surface area (Å²) < 4.78 is 31.5. The number of para-hydroxylation sites is 1. The summed E-state index contributed by atoms with van der Waals surface area (Å²) in [5, 5.41) is 3.92. The van der Waals surface area contributed by atoms with E-state index in [9.17, 15) is 18.0 Å². The molecule has 10 heteroatoms. The average molecular weight is 497 g/mol. The first kappa shape index (κ1) is 23.5. The van der Waals surface area contributed by atoms with Crippen molar-refractivity contribution >= 4 is 33.0 Å². The number of thiophene rings is 1. The van der Waals surface area contributed by atoms with E-state index in [0.29, 0.717) is 23.5 Å². The van der Waals surface area contributed by atoms with Gasteiger partial charge < -0.3 is 4.90 Å². The highest BCUT2D eigenvalue weighted by Crippen LogP contribution is 2.20. The van der Waals surface area contributed by atoms with E-state index in [1.165, 1.54) is 28.9 Å². The van der Waals surface area contributed by atoms with Crippen LogP contribution in [0.1, 0.15) is 21.6 Å². The minimum absolute atomic E-state index is 0.0259. The number of hydrogen-bond acceptors (Lipinski definition) is 5. The third kappa shape index (κ3) is 4.55. The average Bonchev–Trinajstić information content (AvgIpc) is 3.41. The molecule has 1 N–H and O–H groups in total. The fourth-order valence-corrected chi connectivity index (χ4v) is 5.38. The van der Waals surface area contributed by atoms with Crippen LogP contribution in [0.3, 0.4) is 0 Å². The smallest absolute Gasteiger partial charge is 0.296 e. The third-order valence-corrected chi connectivity index (χ3v) is 7.65. The zero-order valence-corrected chi connectivity index (χ0v) is 20.6. The highest BCUT2D eigenvalue weighted by Gasteiger charge is 2.23. The number of sulfonamides is 1. The van der Waals surface area contributed by atoms with Crippen LogP contribution in [0.2, 0.25) is 0 Å². The van der Waals surface area contributed by atoms with Crippen LogP contribution in [0.25, 0.3) is 5.69 Å². The Hall–Kier alpha value is -3.63. The molecule has 0 aliphatic carbocycles. The van der Waals surface area contributed by atoms with E-state index in [4.69, 9.17) is 0 Å². The topological polar surface area (TPSA) is 93.4 Å². The number of carbonyl (C=O) groups is 1. The van der Waals surface area contributed by atoms with E-state index in [1.54, 1.807) is 66.2 Å². The van der Waals surface area contributed by atoms with Crippen molar-refractivity contribution in [1.82, 2.24) is 14.3 Å². The van der Waals surface area contributed by atoms with Gasteiger partial charge in [0.1, 0.15) is 5.69 Å². The summed E-state index contributed by atoms with van der Waals surface area (Å²) >= 11 is 1.56. The van der Waals surface area contributed by atoms with Crippen LogP contribution in [0, 0.1) is 6.92 Å². The van der Waals surface area contributed by atoms with E-state index in [0.717, 1.165) is 5.56 Å². The molecule has 0 aliphatic heterocycles. The van der Waals surface area contributed by atoms with Gasteiger partial charge in [-0.15, -0.1) is 0 Å². The third-order valence-electron chi connectivity index (χ3n) is 5.55. The number of rotatable bonds is 7. The molecule has 4 aromatic rings. The number of anilines is 1. The maximum atomic E-state index is 13.0. The molecular formula is C24H24N4O4S2. The molecule has 0 spiro atoms. The molecule has 0 aliphatic rings. The van der Waals surface area contributed by atoms with E-state index < -0.39 is 15.6 Å². The molecule has 0 radical (unpaired) electrons. The Kier molecular flexibility index (Phi) is 6.45. The van der Waals surface area contributed by atoms with Crippen molar-refractivity contribution in [1.29, 1.82) is 0 Å². The second-order valence-corrected chi connectivity index (χ2v) is 10.3. The van der Waals surface area contributed by atoms with Crippen molar-refractivity contribution in [2.24, 2.45) is 7.05 Å². The minimum atomic E-state index is -4.05. The summed E-state index contributed by atoms with van der Waals surface area (Å²) in [5.41, 5.74) is 2.00.